The van der Waals surface area contributed by atoms with E-state index in [4.69, 9.17) is 4.74 Å². The number of ether oxygens (including phenoxy) is 1. The molecule has 3 heteroatoms. The molecule has 0 amide bonds. The van der Waals surface area contributed by atoms with Gasteiger partial charge in [0.1, 0.15) is 11.5 Å². The monoisotopic (exact) mass is 234 g/mol. The number of benzene rings is 1. The molecule has 0 saturated carbocycles. The zero-order valence-electron chi connectivity index (χ0n) is 10.5. The molecule has 0 aromatic heterocycles. The summed E-state index contributed by atoms with van der Waals surface area (Å²) in [4.78, 5) is 11.1. The molecule has 92 valence electrons. The van der Waals surface area contributed by atoms with Crippen LogP contribution in [0.2, 0.25) is 0 Å². The van der Waals surface area contributed by atoms with E-state index in [0.29, 0.717) is 23.1 Å². The Morgan fingerprint density at radius 2 is 2.06 bits per heavy atom. The molecule has 0 spiro atoms. The number of fused-ring (bicyclic) bond motifs is 1. The lowest BCUT2D eigenvalue weighted by Crippen LogP contribution is -2.07. The molecule has 0 radical (unpaired) electrons. The van der Waals surface area contributed by atoms with E-state index in [-0.39, 0.29) is 5.75 Å². The first-order valence-electron chi connectivity index (χ1n) is 5.95. The molecular formula is C14H18O3. The quantitative estimate of drug-likeness (QED) is 0.818. The number of aromatic hydroxyl groups is 1. The van der Waals surface area contributed by atoms with Gasteiger partial charge in [0, 0.05) is 6.07 Å². The summed E-state index contributed by atoms with van der Waals surface area (Å²) in [6, 6.07) is 1.55. The maximum absolute atomic E-state index is 11.1. The summed E-state index contributed by atoms with van der Waals surface area (Å²) in [5.74, 6) is 1.82. The van der Waals surface area contributed by atoms with E-state index in [1.165, 1.54) is 0 Å². The van der Waals surface area contributed by atoms with Crippen molar-refractivity contribution in [3.05, 3.63) is 22.8 Å². The summed E-state index contributed by atoms with van der Waals surface area (Å²) in [6.45, 7) is 4.37. The fourth-order valence-electron chi connectivity index (χ4n) is 2.59. The zero-order chi connectivity index (χ0) is 12.6. The number of rotatable bonds is 3. The van der Waals surface area contributed by atoms with Gasteiger partial charge in [0.2, 0.25) is 0 Å². The Labute approximate surface area is 101 Å². The Bertz CT molecular complexity index is 449. The molecule has 0 saturated heterocycles. The number of carbonyl (C=O) groups is 1. The minimum absolute atomic E-state index is 0.0278. The molecular weight excluding hydrogens is 216 g/mol. The summed E-state index contributed by atoms with van der Waals surface area (Å²) in [5.41, 5.74) is 2.49. The van der Waals surface area contributed by atoms with Crippen molar-refractivity contribution in [2.24, 2.45) is 11.8 Å². The SMILES string of the molecule is COc1cc(O)c(C=O)c2c1CC(C(C)C)C2. The maximum atomic E-state index is 11.1. The van der Waals surface area contributed by atoms with E-state index < -0.39 is 0 Å². The average molecular weight is 234 g/mol. The summed E-state index contributed by atoms with van der Waals surface area (Å²) < 4.78 is 5.29. The number of hydrogen-bond acceptors (Lipinski definition) is 3. The number of carbonyl (C=O) groups excluding carboxylic acids is 1. The zero-order valence-corrected chi connectivity index (χ0v) is 10.5. The fourth-order valence-corrected chi connectivity index (χ4v) is 2.59. The summed E-state index contributed by atoms with van der Waals surface area (Å²) in [7, 11) is 1.60. The van der Waals surface area contributed by atoms with Gasteiger partial charge in [-0.25, -0.2) is 0 Å². The molecule has 1 aliphatic carbocycles. The molecule has 1 atom stereocenters. The normalized spacial score (nSPS) is 18.2. The Morgan fingerprint density at radius 3 is 2.59 bits per heavy atom. The van der Waals surface area contributed by atoms with Gasteiger partial charge in [0.15, 0.2) is 6.29 Å². The molecule has 0 bridgehead atoms. The van der Waals surface area contributed by atoms with E-state index in [0.717, 1.165) is 30.3 Å². The summed E-state index contributed by atoms with van der Waals surface area (Å²) in [6.07, 6.45) is 2.53. The van der Waals surface area contributed by atoms with Crippen LogP contribution in [-0.4, -0.2) is 18.5 Å². The molecule has 0 heterocycles. The summed E-state index contributed by atoms with van der Waals surface area (Å²) >= 11 is 0. The average Bonchev–Trinajstić information content (AvgIpc) is 2.72. The predicted molar refractivity (Wildman–Crippen MR) is 65.8 cm³/mol. The minimum atomic E-state index is 0.0278. The molecule has 1 unspecified atom stereocenters. The molecule has 1 aliphatic rings. The largest absolute Gasteiger partial charge is 0.507 e. The van der Waals surface area contributed by atoms with Crippen LogP contribution >= 0.6 is 0 Å². The van der Waals surface area contributed by atoms with Crippen LogP contribution in [-0.2, 0) is 12.8 Å². The second kappa shape index (κ2) is 4.40. The third kappa shape index (κ3) is 1.90. The van der Waals surface area contributed by atoms with Gasteiger partial charge in [-0.05, 0) is 35.8 Å². The molecule has 3 nitrogen and oxygen atoms in total. The number of phenols is 1. The highest BCUT2D eigenvalue weighted by atomic mass is 16.5. The highest BCUT2D eigenvalue weighted by Crippen LogP contribution is 2.41. The Kier molecular flexibility index (Phi) is 3.09. The van der Waals surface area contributed by atoms with Crippen molar-refractivity contribution in [1.82, 2.24) is 0 Å². The van der Waals surface area contributed by atoms with Crippen LogP contribution in [0.1, 0.15) is 35.3 Å². The third-order valence-electron chi connectivity index (χ3n) is 3.74. The lowest BCUT2D eigenvalue weighted by molar-refractivity contribution is 0.112. The lowest BCUT2D eigenvalue weighted by atomic mass is 9.93. The maximum Gasteiger partial charge on any atom is 0.154 e. The standard InChI is InChI=1S/C14H18O3/c1-8(2)9-4-10-11(5-9)14(17-3)6-13(16)12(10)7-15/h6-9,16H,4-5H2,1-3H3. The molecule has 1 aromatic rings. The highest BCUT2D eigenvalue weighted by Gasteiger charge is 2.30. The van der Waals surface area contributed by atoms with Gasteiger partial charge in [0.25, 0.3) is 0 Å². The van der Waals surface area contributed by atoms with Gasteiger partial charge in [-0.3, -0.25) is 4.79 Å². The fraction of sp³-hybridized carbons (Fsp3) is 0.500. The smallest absolute Gasteiger partial charge is 0.154 e. The second-order valence-electron chi connectivity index (χ2n) is 5.00. The molecule has 1 N–H and O–H groups in total. The van der Waals surface area contributed by atoms with E-state index in [1.54, 1.807) is 13.2 Å². The third-order valence-corrected chi connectivity index (χ3v) is 3.74. The van der Waals surface area contributed by atoms with Crippen LogP contribution in [0.3, 0.4) is 0 Å². The van der Waals surface area contributed by atoms with Crippen molar-refractivity contribution in [3.8, 4) is 11.5 Å². The van der Waals surface area contributed by atoms with Gasteiger partial charge in [-0.2, -0.15) is 0 Å². The molecule has 17 heavy (non-hydrogen) atoms. The minimum Gasteiger partial charge on any atom is -0.507 e. The predicted octanol–water partition coefficient (Wildman–Crippen LogP) is 2.58. The van der Waals surface area contributed by atoms with Crippen LogP contribution < -0.4 is 4.74 Å². The number of methoxy groups -OCH3 is 1. The van der Waals surface area contributed by atoms with Crippen LogP contribution in [0.25, 0.3) is 0 Å². The van der Waals surface area contributed by atoms with Gasteiger partial charge < -0.3 is 9.84 Å². The van der Waals surface area contributed by atoms with Gasteiger partial charge in [-0.1, -0.05) is 13.8 Å². The van der Waals surface area contributed by atoms with Crippen LogP contribution in [0, 0.1) is 11.8 Å². The first-order chi connectivity index (χ1) is 8.08. The Morgan fingerprint density at radius 1 is 1.41 bits per heavy atom. The number of hydrogen-bond donors (Lipinski definition) is 1. The van der Waals surface area contributed by atoms with E-state index in [1.807, 2.05) is 0 Å². The van der Waals surface area contributed by atoms with E-state index in [9.17, 15) is 9.90 Å². The first-order valence-corrected chi connectivity index (χ1v) is 5.95. The molecule has 2 rings (SSSR count). The number of phenolic OH excluding ortho intramolecular Hbond substituents is 1. The van der Waals surface area contributed by atoms with Crippen molar-refractivity contribution < 1.29 is 14.6 Å². The highest BCUT2D eigenvalue weighted by molar-refractivity contribution is 5.83. The first kappa shape index (κ1) is 12.0. The molecule has 0 aliphatic heterocycles. The second-order valence-corrected chi connectivity index (χ2v) is 5.00. The van der Waals surface area contributed by atoms with Gasteiger partial charge in [0.05, 0.1) is 12.7 Å². The van der Waals surface area contributed by atoms with Crippen molar-refractivity contribution in [1.29, 1.82) is 0 Å². The van der Waals surface area contributed by atoms with Crippen molar-refractivity contribution in [2.75, 3.05) is 7.11 Å². The van der Waals surface area contributed by atoms with E-state index in [2.05, 4.69) is 13.8 Å². The van der Waals surface area contributed by atoms with Crippen molar-refractivity contribution in [3.63, 3.8) is 0 Å². The van der Waals surface area contributed by atoms with Crippen molar-refractivity contribution >= 4 is 6.29 Å². The summed E-state index contributed by atoms with van der Waals surface area (Å²) in [5, 5.41) is 9.80. The van der Waals surface area contributed by atoms with Crippen LogP contribution in [0.5, 0.6) is 11.5 Å². The van der Waals surface area contributed by atoms with Crippen molar-refractivity contribution in [2.45, 2.75) is 26.7 Å². The lowest BCUT2D eigenvalue weighted by Gasteiger charge is -2.12. The molecule has 1 aromatic carbocycles. The van der Waals surface area contributed by atoms with Gasteiger partial charge in [-0.15, -0.1) is 0 Å². The Balaban J connectivity index is 2.53. The topological polar surface area (TPSA) is 46.5 Å². The van der Waals surface area contributed by atoms with Crippen LogP contribution in [0.15, 0.2) is 6.07 Å². The van der Waals surface area contributed by atoms with Crippen LogP contribution in [0.4, 0.5) is 0 Å². The molecule has 0 fully saturated rings. The number of aldehydes is 1. The van der Waals surface area contributed by atoms with E-state index >= 15 is 0 Å². The Hall–Kier alpha value is -1.51. The van der Waals surface area contributed by atoms with Gasteiger partial charge >= 0.3 is 0 Å².